The van der Waals surface area contributed by atoms with Gasteiger partial charge in [-0.1, -0.05) is 13.8 Å². The summed E-state index contributed by atoms with van der Waals surface area (Å²) in [5.74, 6) is 0.255. The normalized spacial score (nSPS) is 17.0. The fourth-order valence-electron chi connectivity index (χ4n) is 0.562. The molecule has 0 spiro atoms. The molecule has 0 rings (SSSR count). The van der Waals surface area contributed by atoms with Gasteiger partial charge >= 0.3 is 15.6 Å². The van der Waals surface area contributed by atoms with E-state index in [4.69, 9.17) is 14.7 Å². The zero-order chi connectivity index (χ0) is 11.4. The number of phosphoric acid groups is 2. The van der Waals surface area contributed by atoms with Crippen LogP contribution in [0.15, 0.2) is 0 Å². The number of rotatable bonds is 6. The standard InChI is InChI=1S/C5H14O7P2/c1-5(2)3-4-11-14(9,10)12-13(6,7)8/h5H,3-4H2,1-2H3,(H,9,10)(H2,6,7,8). The molecular formula is C5H14O7P2. The molecule has 9 heteroatoms. The highest BCUT2D eigenvalue weighted by Crippen LogP contribution is 2.57. The largest absolute Gasteiger partial charge is 0.481 e. The van der Waals surface area contributed by atoms with E-state index in [1.165, 1.54) is 0 Å². The Balaban J connectivity index is 3.97. The summed E-state index contributed by atoms with van der Waals surface area (Å²) in [5, 5.41) is 0. The third-order valence-corrected chi connectivity index (χ3v) is 3.34. The smallest absolute Gasteiger partial charge is 0.302 e. The lowest BCUT2D eigenvalue weighted by atomic mass is 10.2. The van der Waals surface area contributed by atoms with Crippen LogP contribution in [0.3, 0.4) is 0 Å². The molecule has 0 heterocycles. The topological polar surface area (TPSA) is 113 Å². The predicted molar refractivity (Wildman–Crippen MR) is 48.4 cm³/mol. The van der Waals surface area contributed by atoms with Crippen molar-refractivity contribution in [3.63, 3.8) is 0 Å². The van der Waals surface area contributed by atoms with Crippen molar-refractivity contribution in [3.8, 4) is 0 Å². The zero-order valence-electron chi connectivity index (χ0n) is 7.86. The van der Waals surface area contributed by atoms with Gasteiger partial charge in [0.15, 0.2) is 0 Å². The lowest BCUT2D eigenvalue weighted by Crippen LogP contribution is -1.99. The molecule has 0 aromatic carbocycles. The van der Waals surface area contributed by atoms with Gasteiger partial charge in [-0.05, 0) is 12.3 Å². The first kappa shape index (κ1) is 14.3. The fourth-order valence-corrected chi connectivity index (χ4v) is 2.16. The van der Waals surface area contributed by atoms with Gasteiger partial charge in [-0.25, -0.2) is 9.13 Å². The van der Waals surface area contributed by atoms with E-state index in [0.29, 0.717) is 6.42 Å². The van der Waals surface area contributed by atoms with Crippen LogP contribution in [0.5, 0.6) is 0 Å². The Hall–Kier alpha value is 0.260. The zero-order valence-corrected chi connectivity index (χ0v) is 9.65. The second-order valence-electron chi connectivity index (χ2n) is 3.06. The molecule has 0 aromatic rings. The molecule has 14 heavy (non-hydrogen) atoms. The van der Waals surface area contributed by atoms with Gasteiger partial charge < -0.3 is 14.7 Å². The summed E-state index contributed by atoms with van der Waals surface area (Å²) in [6.07, 6.45) is 0.495. The molecule has 0 aromatic heterocycles. The molecule has 0 amide bonds. The van der Waals surface area contributed by atoms with Crippen LogP contribution in [0.4, 0.5) is 0 Å². The Labute approximate surface area is 81.9 Å². The first-order valence-corrected chi connectivity index (χ1v) is 6.89. The van der Waals surface area contributed by atoms with E-state index in [9.17, 15) is 9.13 Å². The first-order chi connectivity index (χ1) is 6.12. The minimum Gasteiger partial charge on any atom is -0.302 e. The second-order valence-corrected chi connectivity index (χ2v) is 5.89. The molecule has 0 radical (unpaired) electrons. The van der Waals surface area contributed by atoms with Crippen LogP contribution < -0.4 is 0 Å². The number of hydrogen-bond donors (Lipinski definition) is 3. The molecular weight excluding hydrogens is 234 g/mol. The highest BCUT2D eigenvalue weighted by molar-refractivity contribution is 7.60. The third kappa shape index (κ3) is 8.84. The molecule has 86 valence electrons. The summed E-state index contributed by atoms with van der Waals surface area (Å²) in [6.45, 7) is 3.65. The fraction of sp³-hybridized carbons (Fsp3) is 1.00. The second kappa shape index (κ2) is 5.37. The van der Waals surface area contributed by atoms with Crippen LogP contribution in [-0.2, 0) is 18.0 Å². The van der Waals surface area contributed by atoms with Gasteiger partial charge in [0.1, 0.15) is 0 Å². The molecule has 0 aliphatic carbocycles. The van der Waals surface area contributed by atoms with Gasteiger partial charge in [0.2, 0.25) is 0 Å². The molecule has 0 saturated carbocycles. The van der Waals surface area contributed by atoms with Gasteiger partial charge in [-0.2, -0.15) is 4.31 Å². The summed E-state index contributed by atoms with van der Waals surface area (Å²) < 4.78 is 28.9. The molecule has 0 saturated heterocycles. The lowest BCUT2D eigenvalue weighted by Gasteiger charge is -2.12. The van der Waals surface area contributed by atoms with E-state index in [1.54, 1.807) is 0 Å². The van der Waals surface area contributed by atoms with Crippen molar-refractivity contribution in [3.05, 3.63) is 0 Å². The SMILES string of the molecule is CC(C)CCOP(=O)(O)OP(=O)(O)O. The van der Waals surface area contributed by atoms with E-state index < -0.39 is 15.6 Å². The summed E-state index contributed by atoms with van der Waals surface area (Å²) in [4.78, 5) is 25.3. The minimum absolute atomic E-state index is 0.0918. The quantitative estimate of drug-likeness (QED) is 0.606. The molecule has 1 unspecified atom stereocenters. The van der Waals surface area contributed by atoms with Crippen molar-refractivity contribution in [1.82, 2.24) is 0 Å². The van der Waals surface area contributed by atoms with Crippen LogP contribution in [0.25, 0.3) is 0 Å². The van der Waals surface area contributed by atoms with E-state index in [0.717, 1.165) is 0 Å². The van der Waals surface area contributed by atoms with Gasteiger partial charge in [0.25, 0.3) is 0 Å². The number of phosphoric ester groups is 1. The van der Waals surface area contributed by atoms with Crippen molar-refractivity contribution in [2.24, 2.45) is 5.92 Å². The highest BCUT2D eigenvalue weighted by Gasteiger charge is 2.31. The van der Waals surface area contributed by atoms with Crippen molar-refractivity contribution < 1.29 is 32.6 Å². The van der Waals surface area contributed by atoms with Gasteiger partial charge in [0, 0.05) is 0 Å². The Morgan fingerprint density at radius 2 is 1.71 bits per heavy atom. The van der Waals surface area contributed by atoms with Gasteiger partial charge in [0.05, 0.1) is 6.61 Å². The molecule has 0 fully saturated rings. The Kier molecular flexibility index (Phi) is 5.47. The third-order valence-electron chi connectivity index (χ3n) is 1.16. The first-order valence-electron chi connectivity index (χ1n) is 3.86. The summed E-state index contributed by atoms with van der Waals surface area (Å²) in [5.41, 5.74) is 0. The minimum atomic E-state index is -4.99. The predicted octanol–water partition coefficient (Wildman–Crippen LogP) is 1.26. The van der Waals surface area contributed by atoms with E-state index in [-0.39, 0.29) is 12.5 Å². The summed E-state index contributed by atoms with van der Waals surface area (Å²) >= 11 is 0. The van der Waals surface area contributed by atoms with Gasteiger partial charge in [-0.15, -0.1) is 0 Å². The Morgan fingerprint density at radius 1 is 1.21 bits per heavy atom. The molecule has 1 atom stereocenters. The average molecular weight is 248 g/mol. The molecule has 3 N–H and O–H groups in total. The maximum absolute atomic E-state index is 10.8. The van der Waals surface area contributed by atoms with Crippen LogP contribution in [0.1, 0.15) is 20.3 Å². The summed E-state index contributed by atoms with van der Waals surface area (Å²) in [7, 11) is -9.62. The summed E-state index contributed by atoms with van der Waals surface area (Å²) in [6, 6.07) is 0. The van der Waals surface area contributed by atoms with E-state index in [2.05, 4.69) is 8.83 Å². The van der Waals surface area contributed by atoms with Gasteiger partial charge in [-0.3, -0.25) is 4.52 Å². The lowest BCUT2D eigenvalue weighted by molar-refractivity contribution is 0.172. The van der Waals surface area contributed by atoms with Crippen molar-refractivity contribution in [1.29, 1.82) is 0 Å². The van der Waals surface area contributed by atoms with Crippen LogP contribution in [0.2, 0.25) is 0 Å². The van der Waals surface area contributed by atoms with E-state index >= 15 is 0 Å². The molecule has 0 bridgehead atoms. The molecule has 0 aliphatic heterocycles. The number of hydrogen-bond acceptors (Lipinski definition) is 4. The highest BCUT2D eigenvalue weighted by atomic mass is 31.3. The van der Waals surface area contributed by atoms with Crippen molar-refractivity contribution in [2.75, 3.05) is 6.61 Å². The van der Waals surface area contributed by atoms with E-state index in [1.807, 2.05) is 13.8 Å². The Morgan fingerprint density at radius 3 is 2.07 bits per heavy atom. The Bertz CT molecular complexity index is 257. The van der Waals surface area contributed by atoms with Crippen LogP contribution >= 0.6 is 15.6 Å². The monoisotopic (exact) mass is 248 g/mol. The molecule has 0 aliphatic rings. The maximum Gasteiger partial charge on any atom is 0.481 e. The maximum atomic E-state index is 10.8. The van der Waals surface area contributed by atoms with Crippen molar-refractivity contribution >= 4 is 15.6 Å². The average Bonchev–Trinajstić information content (AvgIpc) is 1.78. The van der Waals surface area contributed by atoms with Crippen molar-refractivity contribution in [2.45, 2.75) is 20.3 Å². The molecule has 7 nitrogen and oxygen atoms in total. The van der Waals surface area contributed by atoms with Crippen LogP contribution in [-0.4, -0.2) is 21.3 Å². The van der Waals surface area contributed by atoms with Crippen LogP contribution in [0, 0.1) is 5.92 Å².